The van der Waals surface area contributed by atoms with Gasteiger partial charge in [0.05, 0.1) is 24.3 Å². The highest BCUT2D eigenvalue weighted by atomic mass is 15.1. The van der Waals surface area contributed by atoms with Crippen molar-refractivity contribution in [2.45, 2.75) is 44.7 Å². The minimum Gasteiger partial charge on any atom is -0.336 e. The smallest absolute Gasteiger partial charge is 0.141 e. The summed E-state index contributed by atoms with van der Waals surface area (Å²) in [6.07, 6.45) is 8.95. The van der Waals surface area contributed by atoms with Gasteiger partial charge in [-0.3, -0.25) is 0 Å². The molecule has 24 heavy (non-hydrogen) atoms. The van der Waals surface area contributed by atoms with Crippen molar-refractivity contribution in [2.75, 3.05) is 0 Å². The summed E-state index contributed by atoms with van der Waals surface area (Å²) < 4.78 is 4.39. The zero-order valence-corrected chi connectivity index (χ0v) is 13.9. The van der Waals surface area contributed by atoms with Crippen LogP contribution in [0.1, 0.15) is 44.0 Å². The first-order valence-corrected chi connectivity index (χ1v) is 8.60. The van der Waals surface area contributed by atoms with E-state index in [2.05, 4.69) is 21.7 Å². The molecule has 0 unspecified atom stereocenters. The lowest BCUT2D eigenvalue weighted by Gasteiger charge is -2.29. The van der Waals surface area contributed by atoms with Crippen LogP contribution in [0.3, 0.4) is 0 Å². The Bertz CT molecular complexity index is 920. The largest absolute Gasteiger partial charge is 0.336 e. The molecule has 4 rings (SSSR count). The maximum atomic E-state index is 8.92. The minimum atomic E-state index is 0.411. The number of aryl methyl sites for hydroxylation is 1. The molecule has 3 aromatic rings. The van der Waals surface area contributed by atoms with E-state index in [1.165, 1.54) is 0 Å². The number of nitrogens with two attached hydrogens (primary N) is 1. The van der Waals surface area contributed by atoms with Crippen LogP contribution in [0.5, 0.6) is 0 Å². The molecule has 1 aliphatic rings. The molecule has 1 saturated carbocycles. The summed E-state index contributed by atoms with van der Waals surface area (Å²) in [5, 5.41) is 10.1. The van der Waals surface area contributed by atoms with Crippen LogP contribution in [-0.4, -0.2) is 19.1 Å². The van der Waals surface area contributed by atoms with E-state index in [-0.39, 0.29) is 0 Å². The molecule has 0 saturated heterocycles. The fourth-order valence-corrected chi connectivity index (χ4v) is 4.12. The highest BCUT2D eigenvalue weighted by molar-refractivity contribution is 6.01. The van der Waals surface area contributed by atoms with Crippen molar-refractivity contribution in [2.24, 2.45) is 18.7 Å². The lowest BCUT2D eigenvalue weighted by Crippen LogP contribution is -2.21. The number of rotatable bonds is 3. The molecule has 124 valence electrons. The summed E-state index contributed by atoms with van der Waals surface area (Å²) in [4.78, 5) is 9.28. The molecule has 0 radical (unpaired) electrons. The van der Waals surface area contributed by atoms with Gasteiger partial charge < -0.3 is 14.9 Å². The fraction of sp³-hybridized carbons (Fsp3) is 0.500. The van der Waals surface area contributed by atoms with Gasteiger partial charge >= 0.3 is 0 Å². The molecule has 0 atom stereocenters. The zero-order valence-electron chi connectivity index (χ0n) is 13.9. The van der Waals surface area contributed by atoms with Gasteiger partial charge in [-0.15, -0.1) is 0 Å². The van der Waals surface area contributed by atoms with Crippen LogP contribution in [0.15, 0.2) is 18.5 Å². The third kappa shape index (κ3) is 2.28. The van der Waals surface area contributed by atoms with E-state index in [4.69, 9.17) is 16.0 Å². The van der Waals surface area contributed by atoms with Crippen molar-refractivity contribution >= 4 is 22.1 Å². The van der Waals surface area contributed by atoms with Crippen molar-refractivity contribution in [3.63, 3.8) is 0 Å². The second-order valence-corrected chi connectivity index (χ2v) is 6.79. The molecule has 3 heterocycles. The predicted octanol–water partition coefficient (Wildman–Crippen LogP) is 3.03. The molecule has 0 spiro atoms. The van der Waals surface area contributed by atoms with Gasteiger partial charge in [-0.1, -0.05) is 0 Å². The molecule has 0 bridgehead atoms. The molecule has 0 amide bonds. The lowest BCUT2D eigenvalue weighted by atomic mass is 9.84. The maximum absolute atomic E-state index is 8.92. The van der Waals surface area contributed by atoms with E-state index >= 15 is 0 Å². The topological polar surface area (TPSA) is 85.5 Å². The molecule has 1 fully saturated rings. The van der Waals surface area contributed by atoms with Crippen LogP contribution in [0.25, 0.3) is 22.1 Å². The zero-order chi connectivity index (χ0) is 16.7. The second-order valence-electron chi connectivity index (χ2n) is 6.79. The van der Waals surface area contributed by atoms with Crippen LogP contribution in [0.4, 0.5) is 0 Å². The Morgan fingerprint density at radius 3 is 2.83 bits per heavy atom. The molecule has 6 nitrogen and oxygen atoms in total. The molecule has 2 N–H and O–H groups in total. The Morgan fingerprint density at radius 2 is 2.12 bits per heavy atom. The minimum absolute atomic E-state index is 0.411. The van der Waals surface area contributed by atoms with Crippen molar-refractivity contribution in [3.8, 4) is 6.07 Å². The number of hydrogen-bond acceptors (Lipinski definition) is 4. The average molecular weight is 322 g/mol. The predicted molar refractivity (Wildman–Crippen MR) is 93.1 cm³/mol. The number of imidazole rings is 1. The Labute approximate surface area is 140 Å². The Kier molecular flexibility index (Phi) is 3.73. The third-order valence-corrected chi connectivity index (χ3v) is 5.36. The maximum Gasteiger partial charge on any atom is 0.141 e. The van der Waals surface area contributed by atoms with E-state index in [0.717, 1.165) is 53.6 Å². The molecule has 3 aromatic heterocycles. The van der Waals surface area contributed by atoms with Crippen molar-refractivity contribution < 1.29 is 0 Å². The van der Waals surface area contributed by atoms with Gasteiger partial charge in [-0.25, -0.2) is 9.97 Å². The first-order chi connectivity index (χ1) is 11.7. The van der Waals surface area contributed by atoms with Gasteiger partial charge in [0.2, 0.25) is 0 Å². The average Bonchev–Trinajstić information content (AvgIpc) is 3.16. The monoisotopic (exact) mass is 322 g/mol. The molecular formula is C18H22N6. The van der Waals surface area contributed by atoms with Crippen LogP contribution in [-0.2, 0) is 13.6 Å². The lowest BCUT2D eigenvalue weighted by molar-refractivity contribution is 0.278. The van der Waals surface area contributed by atoms with Crippen molar-refractivity contribution in [1.82, 2.24) is 19.1 Å². The van der Waals surface area contributed by atoms with Crippen LogP contribution >= 0.6 is 0 Å². The van der Waals surface area contributed by atoms with E-state index in [1.807, 2.05) is 24.0 Å². The number of nitriles is 1. The highest BCUT2D eigenvalue weighted by Crippen LogP contribution is 2.37. The van der Waals surface area contributed by atoms with Crippen molar-refractivity contribution in [3.05, 3.63) is 24.3 Å². The fourth-order valence-electron chi connectivity index (χ4n) is 4.12. The van der Waals surface area contributed by atoms with E-state index < -0.39 is 0 Å². The number of aromatic nitrogens is 4. The highest BCUT2D eigenvalue weighted by Gasteiger charge is 2.26. The Balaban J connectivity index is 1.82. The van der Waals surface area contributed by atoms with E-state index in [1.54, 1.807) is 0 Å². The van der Waals surface area contributed by atoms with Gasteiger partial charge in [0, 0.05) is 31.1 Å². The first-order valence-electron chi connectivity index (χ1n) is 8.60. The first kappa shape index (κ1) is 15.2. The summed E-state index contributed by atoms with van der Waals surface area (Å²) in [7, 11) is 2.01. The van der Waals surface area contributed by atoms with Crippen LogP contribution in [0.2, 0.25) is 0 Å². The SMILES string of the molecule is Cn1ccc2c1ncc1nc(CN)n(C3CCC(CC#N)CC3)c12. The van der Waals surface area contributed by atoms with Gasteiger partial charge in [-0.2, -0.15) is 5.26 Å². The Morgan fingerprint density at radius 1 is 1.33 bits per heavy atom. The Hall–Kier alpha value is -2.39. The summed E-state index contributed by atoms with van der Waals surface area (Å²) in [6.45, 7) is 0.432. The standard InChI is InChI=1S/C18H22N6/c1-23-9-7-14-17-15(11-21-18(14)23)22-16(10-20)24(17)13-4-2-12(3-5-13)6-8-19/h7,9,11-13H,2-6,10,20H2,1H3. The molecule has 0 aliphatic heterocycles. The quantitative estimate of drug-likeness (QED) is 0.803. The van der Waals surface area contributed by atoms with E-state index in [0.29, 0.717) is 24.9 Å². The molecule has 1 aliphatic carbocycles. The summed E-state index contributed by atoms with van der Waals surface area (Å²) in [6, 6.07) is 4.84. The van der Waals surface area contributed by atoms with E-state index in [9.17, 15) is 0 Å². The van der Waals surface area contributed by atoms with Crippen LogP contribution in [0, 0.1) is 17.2 Å². The summed E-state index contributed by atoms with van der Waals surface area (Å²) >= 11 is 0. The number of fused-ring (bicyclic) bond motifs is 3. The molecular weight excluding hydrogens is 300 g/mol. The summed E-state index contributed by atoms with van der Waals surface area (Å²) in [5.41, 5.74) is 9.05. The third-order valence-electron chi connectivity index (χ3n) is 5.36. The van der Waals surface area contributed by atoms with Gasteiger partial charge in [0.25, 0.3) is 0 Å². The van der Waals surface area contributed by atoms with Gasteiger partial charge in [-0.05, 0) is 37.7 Å². The summed E-state index contributed by atoms with van der Waals surface area (Å²) in [5.74, 6) is 1.48. The second kappa shape index (κ2) is 5.91. The van der Waals surface area contributed by atoms with Gasteiger partial charge in [0.1, 0.15) is 17.0 Å². The normalized spacial score (nSPS) is 21.4. The number of pyridine rings is 1. The molecule has 0 aromatic carbocycles. The van der Waals surface area contributed by atoms with Crippen molar-refractivity contribution in [1.29, 1.82) is 5.26 Å². The van der Waals surface area contributed by atoms with Gasteiger partial charge in [0.15, 0.2) is 0 Å². The number of nitrogens with zero attached hydrogens (tertiary/aromatic N) is 5. The van der Waals surface area contributed by atoms with Crippen LogP contribution < -0.4 is 5.73 Å². The molecule has 6 heteroatoms. The number of hydrogen-bond donors (Lipinski definition) is 1.